The Balaban J connectivity index is 1.34. The Morgan fingerprint density at radius 3 is 2.64 bits per heavy atom. The maximum Gasteiger partial charge on any atom is 0.168 e. The second-order valence-corrected chi connectivity index (χ2v) is 9.13. The van der Waals surface area contributed by atoms with Gasteiger partial charge in [0.25, 0.3) is 0 Å². The van der Waals surface area contributed by atoms with Gasteiger partial charge in [0.15, 0.2) is 5.79 Å². The molecule has 0 amide bonds. The van der Waals surface area contributed by atoms with Gasteiger partial charge < -0.3 is 9.47 Å². The zero-order valence-electron chi connectivity index (χ0n) is 16.8. The summed E-state index contributed by atoms with van der Waals surface area (Å²) in [5.74, 6) is 0.593. The molecule has 3 aliphatic rings. The van der Waals surface area contributed by atoms with Crippen LogP contribution in [0.15, 0.2) is 12.2 Å². The van der Waals surface area contributed by atoms with Crippen molar-refractivity contribution in [3.8, 4) is 0 Å². The minimum Gasteiger partial charge on any atom is -0.347 e. The van der Waals surface area contributed by atoms with Crippen LogP contribution in [0.2, 0.25) is 0 Å². The molecule has 3 nitrogen and oxygen atoms in total. The third-order valence-corrected chi connectivity index (χ3v) is 7.07. The first-order chi connectivity index (χ1) is 12.0. The molecule has 1 unspecified atom stereocenters. The fourth-order valence-corrected chi connectivity index (χ4v) is 4.75. The summed E-state index contributed by atoms with van der Waals surface area (Å²) in [7, 11) is 0. The Hall–Kier alpha value is -0.380. The van der Waals surface area contributed by atoms with Gasteiger partial charge in [-0.25, -0.2) is 0 Å². The molecule has 1 aliphatic carbocycles. The normalized spacial score (nSPS) is 34.0. The predicted molar refractivity (Wildman–Crippen MR) is 104 cm³/mol. The minimum absolute atomic E-state index is 0.233. The summed E-state index contributed by atoms with van der Waals surface area (Å²) in [6.07, 6.45) is 15.8. The molecule has 0 bridgehead atoms. The number of rotatable bonds is 7. The topological polar surface area (TPSA) is 21.7 Å². The van der Waals surface area contributed by atoms with Gasteiger partial charge >= 0.3 is 0 Å². The van der Waals surface area contributed by atoms with Gasteiger partial charge in [0.05, 0.1) is 12.7 Å². The van der Waals surface area contributed by atoms with Crippen molar-refractivity contribution in [2.75, 3.05) is 26.2 Å². The first-order valence-electron chi connectivity index (χ1n) is 10.7. The van der Waals surface area contributed by atoms with E-state index in [-0.39, 0.29) is 5.79 Å². The van der Waals surface area contributed by atoms with Gasteiger partial charge in [0.2, 0.25) is 0 Å². The summed E-state index contributed by atoms with van der Waals surface area (Å²) < 4.78 is 12.6. The lowest BCUT2D eigenvalue weighted by Gasteiger charge is -2.42. The molecule has 2 heterocycles. The number of nitrogens with zero attached hydrogens (tertiary/aromatic N) is 1. The molecule has 144 valence electrons. The SMILES string of the molecule is CCC(C)(C)C1CCC2(CC1)OCC(CCCCN1CC=CCC1)O2. The number of hydrogen-bond acceptors (Lipinski definition) is 3. The highest BCUT2D eigenvalue weighted by Crippen LogP contribution is 2.47. The molecule has 1 saturated heterocycles. The highest BCUT2D eigenvalue weighted by atomic mass is 16.7. The Labute approximate surface area is 155 Å². The van der Waals surface area contributed by atoms with Gasteiger partial charge in [-0.15, -0.1) is 0 Å². The molecular formula is C22H39NO2. The van der Waals surface area contributed by atoms with Gasteiger partial charge in [-0.3, -0.25) is 4.90 Å². The van der Waals surface area contributed by atoms with Gasteiger partial charge in [-0.05, 0) is 56.4 Å². The number of hydrogen-bond donors (Lipinski definition) is 0. The molecular weight excluding hydrogens is 310 g/mol. The fourth-order valence-electron chi connectivity index (χ4n) is 4.75. The summed E-state index contributed by atoms with van der Waals surface area (Å²) >= 11 is 0. The molecule has 25 heavy (non-hydrogen) atoms. The molecule has 3 heteroatoms. The molecule has 2 aliphatic heterocycles. The van der Waals surface area contributed by atoms with Crippen LogP contribution in [-0.2, 0) is 9.47 Å². The highest BCUT2D eigenvalue weighted by Gasteiger charge is 2.46. The zero-order chi connectivity index (χ0) is 17.8. The largest absolute Gasteiger partial charge is 0.347 e. The van der Waals surface area contributed by atoms with E-state index in [4.69, 9.17) is 9.47 Å². The Bertz CT molecular complexity index is 437. The molecule has 0 aromatic carbocycles. The summed E-state index contributed by atoms with van der Waals surface area (Å²) in [6.45, 7) is 11.6. The Kier molecular flexibility index (Phi) is 6.62. The molecule has 2 fully saturated rings. The van der Waals surface area contributed by atoms with Crippen LogP contribution in [0.25, 0.3) is 0 Å². The van der Waals surface area contributed by atoms with Crippen LogP contribution in [0.1, 0.15) is 78.6 Å². The first kappa shape index (κ1) is 19.4. The van der Waals surface area contributed by atoms with Crippen LogP contribution in [0.3, 0.4) is 0 Å². The van der Waals surface area contributed by atoms with Crippen LogP contribution in [0, 0.1) is 11.3 Å². The average Bonchev–Trinajstić information content (AvgIpc) is 3.02. The van der Waals surface area contributed by atoms with E-state index in [0.29, 0.717) is 11.5 Å². The summed E-state index contributed by atoms with van der Waals surface area (Å²) in [5.41, 5.74) is 0.462. The van der Waals surface area contributed by atoms with Gasteiger partial charge in [0.1, 0.15) is 0 Å². The zero-order valence-corrected chi connectivity index (χ0v) is 16.8. The van der Waals surface area contributed by atoms with E-state index in [1.807, 2.05) is 0 Å². The smallest absolute Gasteiger partial charge is 0.168 e. The highest BCUT2D eigenvalue weighted by molar-refractivity contribution is 4.91. The van der Waals surface area contributed by atoms with Crippen molar-refractivity contribution in [3.05, 3.63) is 12.2 Å². The van der Waals surface area contributed by atoms with Crippen molar-refractivity contribution in [1.82, 2.24) is 4.90 Å². The first-order valence-corrected chi connectivity index (χ1v) is 10.7. The van der Waals surface area contributed by atoms with Crippen molar-refractivity contribution in [2.24, 2.45) is 11.3 Å². The minimum atomic E-state index is -0.233. The van der Waals surface area contributed by atoms with E-state index in [0.717, 1.165) is 38.3 Å². The predicted octanol–water partition coefficient (Wildman–Crippen LogP) is 5.16. The average molecular weight is 350 g/mol. The van der Waals surface area contributed by atoms with Gasteiger partial charge in [0, 0.05) is 25.9 Å². The van der Waals surface area contributed by atoms with Crippen molar-refractivity contribution < 1.29 is 9.47 Å². The molecule has 1 spiro atoms. The third-order valence-electron chi connectivity index (χ3n) is 7.07. The Morgan fingerprint density at radius 1 is 1.16 bits per heavy atom. The van der Waals surface area contributed by atoms with Crippen LogP contribution < -0.4 is 0 Å². The summed E-state index contributed by atoms with van der Waals surface area (Å²) in [6, 6.07) is 0. The molecule has 1 atom stereocenters. The van der Waals surface area contributed by atoms with E-state index >= 15 is 0 Å². The number of unbranched alkanes of at least 4 members (excludes halogenated alkanes) is 1. The van der Waals surface area contributed by atoms with Crippen LogP contribution in [0.4, 0.5) is 0 Å². The lowest BCUT2D eigenvalue weighted by atomic mass is 9.68. The van der Waals surface area contributed by atoms with Crippen LogP contribution >= 0.6 is 0 Å². The number of ether oxygens (including phenoxy) is 2. The molecule has 0 N–H and O–H groups in total. The fraction of sp³-hybridized carbons (Fsp3) is 0.909. The van der Waals surface area contributed by atoms with Gasteiger partial charge in [-0.2, -0.15) is 0 Å². The lowest BCUT2D eigenvalue weighted by Crippen LogP contribution is -2.39. The molecule has 0 aromatic rings. The molecule has 1 saturated carbocycles. The van der Waals surface area contributed by atoms with E-state index in [1.54, 1.807) is 0 Å². The van der Waals surface area contributed by atoms with E-state index in [1.165, 1.54) is 51.6 Å². The molecule has 0 radical (unpaired) electrons. The van der Waals surface area contributed by atoms with Crippen molar-refractivity contribution in [2.45, 2.75) is 90.4 Å². The summed E-state index contributed by atoms with van der Waals surface area (Å²) in [5, 5.41) is 0. The monoisotopic (exact) mass is 349 g/mol. The third kappa shape index (κ3) is 5.08. The van der Waals surface area contributed by atoms with E-state index in [9.17, 15) is 0 Å². The maximum atomic E-state index is 6.43. The van der Waals surface area contributed by atoms with Crippen molar-refractivity contribution >= 4 is 0 Å². The van der Waals surface area contributed by atoms with Crippen LogP contribution in [-0.4, -0.2) is 43.0 Å². The molecule has 0 aromatic heterocycles. The molecule has 3 rings (SSSR count). The quantitative estimate of drug-likeness (QED) is 0.468. The lowest BCUT2D eigenvalue weighted by molar-refractivity contribution is -0.197. The summed E-state index contributed by atoms with van der Waals surface area (Å²) in [4.78, 5) is 2.56. The Morgan fingerprint density at radius 2 is 1.96 bits per heavy atom. The van der Waals surface area contributed by atoms with E-state index < -0.39 is 0 Å². The van der Waals surface area contributed by atoms with Crippen molar-refractivity contribution in [1.29, 1.82) is 0 Å². The maximum absolute atomic E-state index is 6.43. The van der Waals surface area contributed by atoms with E-state index in [2.05, 4.69) is 37.8 Å². The second kappa shape index (κ2) is 8.54. The standard InChI is InChI=1S/C22H39NO2/c1-4-21(2,3)19-11-13-22(14-12-19)24-18-20(25-22)10-6-9-17-23-15-7-5-8-16-23/h5,7,19-20H,4,6,8-18H2,1-3H3. The van der Waals surface area contributed by atoms with Crippen LogP contribution in [0.5, 0.6) is 0 Å². The van der Waals surface area contributed by atoms with Crippen molar-refractivity contribution in [3.63, 3.8) is 0 Å². The van der Waals surface area contributed by atoms with Gasteiger partial charge in [-0.1, -0.05) is 39.3 Å². The second-order valence-electron chi connectivity index (χ2n) is 9.13.